The van der Waals surface area contributed by atoms with Crippen molar-refractivity contribution in [3.63, 3.8) is 0 Å². The van der Waals surface area contributed by atoms with E-state index >= 15 is 0 Å². The van der Waals surface area contributed by atoms with Gasteiger partial charge in [0.15, 0.2) is 0 Å². The van der Waals surface area contributed by atoms with Crippen LogP contribution in [-0.2, 0) is 6.54 Å². The first-order chi connectivity index (χ1) is 8.10. The lowest BCUT2D eigenvalue weighted by atomic mass is 10.1. The number of hydrazine groups is 1. The molecule has 1 aromatic carbocycles. The molecule has 6 heteroatoms. The van der Waals surface area contributed by atoms with Crippen LogP contribution < -0.4 is 11.3 Å². The third-order valence-corrected chi connectivity index (χ3v) is 2.52. The van der Waals surface area contributed by atoms with Crippen LogP contribution in [0.2, 0.25) is 0 Å². The van der Waals surface area contributed by atoms with Crippen LogP contribution in [0.25, 0.3) is 0 Å². The maximum atomic E-state index is 10.8. The van der Waals surface area contributed by atoms with E-state index < -0.39 is 4.92 Å². The van der Waals surface area contributed by atoms with Crippen LogP contribution in [0.3, 0.4) is 0 Å². The standard InChI is InChI=1S/C11H18N4O2/c1-3-7-14(2)8-9-5-4-6-10(15(16)17)11(9)13-12/h4-6,13H,3,7-8,12H2,1-2H3. The van der Waals surface area contributed by atoms with E-state index in [0.29, 0.717) is 12.2 Å². The molecule has 0 amide bonds. The number of hydrogen-bond acceptors (Lipinski definition) is 5. The molecule has 0 heterocycles. The summed E-state index contributed by atoms with van der Waals surface area (Å²) >= 11 is 0. The number of nitrogens with one attached hydrogen (secondary N) is 1. The molecule has 0 unspecified atom stereocenters. The van der Waals surface area contributed by atoms with E-state index in [9.17, 15) is 10.1 Å². The van der Waals surface area contributed by atoms with E-state index in [0.717, 1.165) is 18.5 Å². The Hall–Kier alpha value is -1.66. The topological polar surface area (TPSA) is 84.4 Å². The smallest absolute Gasteiger partial charge is 0.293 e. The third-order valence-electron chi connectivity index (χ3n) is 2.52. The Kier molecular flexibility index (Phi) is 4.86. The minimum Gasteiger partial charge on any atom is -0.318 e. The highest BCUT2D eigenvalue weighted by Crippen LogP contribution is 2.27. The summed E-state index contributed by atoms with van der Waals surface area (Å²) in [5, 5.41) is 10.8. The molecule has 0 aromatic heterocycles. The van der Waals surface area contributed by atoms with Crippen molar-refractivity contribution in [2.45, 2.75) is 19.9 Å². The van der Waals surface area contributed by atoms with E-state index in [4.69, 9.17) is 5.84 Å². The fraction of sp³-hybridized carbons (Fsp3) is 0.455. The molecule has 1 aromatic rings. The number of nitro benzene ring substituents is 1. The van der Waals surface area contributed by atoms with E-state index in [1.165, 1.54) is 6.07 Å². The van der Waals surface area contributed by atoms with Crippen LogP contribution in [0.4, 0.5) is 11.4 Å². The van der Waals surface area contributed by atoms with E-state index in [2.05, 4.69) is 17.2 Å². The lowest BCUT2D eigenvalue weighted by molar-refractivity contribution is -0.384. The molecule has 0 fully saturated rings. The molecule has 0 radical (unpaired) electrons. The molecule has 0 aliphatic carbocycles. The number of anilines is 1. The summed E-state index contributed by atoms with van der Waals surface area (Å²) in [6.45, 7) is 3.66. The van der Waals surface area contributed by atoms with Gasteiger partial charge in [-0.3, -0.25) is 16.0 Å². The molecule has 0 saturated heterocycles. The van der Waals surface area contributed by atoms with Gasteiger partial charge in [-0.25, -0.2) is 0 Å². The van der Waals surface area contributed by atoms with Crippen LogP contribution >= 0.6 is 0 Å². The number of hydrogen-bond donors (Lipinski definition) is 2. The lowest BCUT2D eigenvalue weighted by Crippen LogP contribution is -2.20. The molecule has 0 aliphatic heterocycles. The fourth-order valence-electron chi connectivity index (χ4n) is 1.79. The number of benzene rings is 1. The van der Waals surface area contributed by atoms with Gasteiger partial charge in [0, 0.05) is 12.6 Å². The van der Waals surface area contributed by atoms with Crippen molar-refractivity contribution in [1.82, 2.24) is 4.90 Å². The van der Waals surface area contributed by atoms with Gasteiger partial charge in [0.05, 0.1) is 4.92 Å². The average Bonchev–Trinajstić information content (AvgIpc) is 2.28. The van der Waals surface area contributed by atoms with Gasteiger partial charge in [-0.1, -0.05) is 19.1 Å². The Morgan fingerprint density at radius 3 is 2.76 bits per heavy atom. The maximum absolute atomic E-state index is 10.8. The van der Waals surface area contributed by atoms with Crippen LogP contribution in [-0.4, -0.2) is 23.4 Å². The highest BCUT2D eigenvalue weighted by Gasteiger charge is 2.16. The molecule has 0 saturated carbocycles. The highest BCUT2D eigenvalue weighted by molar-refractivity contribution is 5.65. The molecular weight excluding hydrogens is 220 g/mol. The largest absolute Gasteiger partial charge is 0.318 e. The zero-order valence-electron chi connectivity index (χ0n) is 10.1. The predicted molar refractivity (Wildman–Crippen MR) is 67.5 cm³/mol. The summed E-state index contributed by atoms with van der Waals surface area (Å²) in [5.74, 6) is 5.37. The number of rotatable bonds is 6. The lowest BCUT2D eigenvalue weighted by Gasteiger charge is -2.17. The molecule has 6 nitrogen and oxygen atoms in total. The number of nitrogen functional groups attached to an aromatic ring is 1. The van der Waals surface area contributed by atoms with E-state index in [1.54, 1.807) is 6.07 Å². The Labute approximate surface area is 101 Å². The number of nitrogens with two attached hydrogens (primary N) is 1. The Morgan fingerprint density at radius 1 is 1.53 bits per heavy atom. The molecule has 0 atom stereocenters. The van der Waals surface area contributed by atoms with E-state index in [1.807, 2.05) is 13.1 Å². The maximum Gasteiger partial charge on any atom is 0.293 e. The normalized spacial score (nSPS) is 10.6. The fourth-order valence-corrected chi connectivity index (χ4v) is 1.79. The van der Waals surface area contributed by atoms with Gasteiger partial charge >= 0.3 is 0 Å². The highest BCUT2D eigenvalue weighted by atomic mass is 16.6. The van der Waals surface area contributed by atoms with Gasteiger partial charge in [-0.15, -0.1) is 0 Å². The Bertz CT molecular complexity index is 395. The van der Waals surface area contributed by atoms with Crippen LogP contribution in [0.15, 0.2) is 18.2 Å². The molecule has 94 valence electrons. The average molecular weight is 238 g/mol. The van der Waals surface area contributed by atoms with Gasteiger partial charge < -0.3 is 10.3 Å². The van der Waals surface area contributed by atoms with Gasteiger partial charge in [-0.05, 0) is 25.6 Å². The minimum atomic E-state index is -0.432. The second-order valence-corrected chi connectivity index (χ2v) is 3.95. The summed E-state index contributed by atoms with van der Waals surface area (Å²) < 4.78 is 0. The minimum absolute atomic E-state index is 0.00917. The van der Waals surface area contributed by atoms with Crippen molar-refractivity contribution in [1.29, 1.82) is 0 Å². The summed E-state index contributed by atoms with van der Waals surface area (Å²) in [6, 6.07) is 4.96. The number of para-hydroxylation sites is 1. The SMILES string of the molecule is CCCN(C)Cc1cccc([N+](=O)[O-])c1NN. The van der Waals surface area contributed by atoms with E-state index in [-0.39, 0.29) is 5.69 Å². The van der Waals surface area contributed by atoms with Gasteiger partial charge in [0.2, 0.25) is 0 Å². The molecule has 1 rings (SSSR count). The zero-order chi connectivity index (χ0) is 12.8. The van der Waals surface area contributed by atoms with Crippen molar-refractivity contribution < 1.29 is 4.92 Å². The molecule has 0 spiro atoms. The third kappa shape index (κ3) is 3.40. The second-order valence-electron chi connectivity index (χ2n) is 3.95. The zero-order valence-corrected chi connectivity index (χ0v) is 10.1. The van der Waals surface area contributed by atoms with Gasteiger partial charge in [-0.2, -0.15) is 0 Å². The number of nitrogens with zero attached hydrogens (tertiary/aromatic N) is 2. The summed E-state index contributed by atoms with van der Waals surface area (Å²) in [6.07, 6.45) is 1.04. The Morgan fingerprint density at radius 2 is 2.24 bits per heavy atom. The summed E-state index contributed by atoms with van der Waals surface area (Å²) in [4.78, 5) is 12.5. The van der Waals surface area contributed by atoms with Crippen molar-refractivity contribution >= 4 is 11.4 Å². The van der Waals surface area contributed by atoms with Crippen LogP contribution in [0.1, 0.15) is 18.9 Å². The molecule has 0 aliphatic rings. The monoisotopic (exact) mass is 238 g/mol. The predicted octanol–water partition coefficient (Wildman–Crippen LogP) is 1.72. The first-order valence-corrected chi connectivity index (χ1v) is 5.51. The first kappa shape index (κ1) is 13.4. The second kappa shape index (κ2) is 6.17. The number of nitro groups is 1. The quantitative estimate of drug-likeness (QED) is 0.448. The van der Waals surface area contributed by atoms with Gasteiger partial charge in [0.25, 0.3) is 5.69 Å². The Balaban J connectivity index is 2.99. The van der Waals surface area contributed by atoms with Crippen LogP contribution in [0, 0.1) is 10.1 Å². The van der Waals surface area contributed by atoms with Crippen molar-refractivity contribution in [2.75, 3.05) is 19.0 Å². The molecule has 0 bridgehead atoms. The van der Waals surface area contributed by atoms with Gasteiger partial charge in [0.1, 0.15) is 5.69 Å². The van der Waals surface area contributed by atoms with Crippen molar-refractivity contribution in [2.24, 2.45) is 5.84 Å². The molecular formula is C11H18N4O2. The van der Waals surface area contributed by atoms with Crippen molar-refractivity contribution in [3.05, 3.63) is 33.9 Å². The summed E-state index contributed by atoms with van der Waals surface area (Å²) in [5.41, 5.74) is 3.65. The molecule has 3 N–H and O–H groups in total. The summed E-state index contributed by atoms with van der Waals surface area (Å²) in [7, 11) is 1.97. The van der Waals surface area contributed by atoms with Crippen LogP contribution in [0.5, 0.6) is 0 Å². The molecule has 17 heavy (non-hydrogen) atoms. The first-order valence-electron chi connectivity index (χ1n) is 5.51. The van der Waals surface area contributed by atoms with Crippen molar-refractivity contribution in [3.8, 4) is 0 Å².